The average molecular weight is 201 g/mol. The zero-order valence-electron chi connectivity index (χ0n) is 10.4. The van der Waals surface area contributed by atoms with E-state index in [9.17, 15) is 0 Å². The van der Waals surface area contributed by atoms with Crippen molar-refractivity contribution >= 4 is 0 Å². The molecule has 1 atom stereocenters. The van der Waals surface area contributed by atoms with Crippen molar-refractivity contribution in [3.63, 3.8) is 0 Å². The first-order valence-electron chi connectivity index (χ1n) is 5.73. The van der Waals surface area contributed by atoms with Gasteiger partial charge in [-0.25, -0.2) is 0 Å². The van der Waals surface area contributed by atoms with E-state index >= 15 is 0 Å². The van der Waals surface area contributed by atoms with E-state index in [-0.39, 0.29) is 12.0 Å². The maximum absolute atomic E-state index is 9.07. The molecule has 0 saturated heterocycles. The van der Waals surface area contributed by atoms with Crippen LogP contribution in [0, 0.1) is 11.3 Å². The van der Waals surface area contributed by atoms with Gasteiger partial charge in [0, 0.05) is 12.6 Å². The first-order chi connectivity index (χ1) is 6.39. The topological polar surface area (TPSA) is 32.3 Å². The molecule has 0 aromatic carbocycles. The maximum Gasteiger partial charge on any atom is 0.0482 e. The summed E-state index contributed by atoms with van der Waals surface area (Å²) in [6.07, 6.45) is 2.23. The summed E-state index contributed by atoms with van der Waals surface area (Å²) in [5, 5.41) is 12.6. The van der Waals surface area contributed by atoms with Gasteiger partial charge in [-0.15, -0.1) is 0 Å². The summed E-state index contributed by atoms with van der Waals surface area (Å²) in [6, 6.07) is 0.590. The molecule has 0 spiro atoms. The molecule has 0 aromatic rings. The van der Waals surface area contributed by atoms with Crippen molar-refractivity contribution in [2.45, 2.75) is 53.5 Å². The van der Waals surface area contributed by atoms with Crippen LogP contribution in [-0.4, -0.2) is 24.3 Å². The molecule has 0 fully saturated rings. The number of nitrogens with one attached hydrogen (secondary N) is 1. The first kappa shape index (κ1) is 13.9. The highest BCUT2D eigenvalue weighted by Crippen LogP contribution is 2.20. The number of rotatable bonds is 7. The molecule has 0 aromatic heterocycles. The molecule has 0 bridgehead atoms. The van der Waals surface area contributed by atoms with Crippen LogP contribution in [0.2, 0.25) is 0 Å². The van der Waals surface area contributed by atoms with Gasteiger partial charge in [0.1, 0.15) is 0 Å². The van der Waals surface area contributed by atoms with Gasteiger partial charge in [-0.05, 0) is 37.6 Å². The third kappa shape index (κ3) is 6.39. The third-order valence-corrected chi connectivity index (χ3v) is 2.92. The van der Waals surface area contributed by atoms with Gasteiger partial charge in [-0.1, -0.05) is 27.7 Å². The average Bonchev–Trinajstić information content (AvgIpc) is 2.12. The fourth-order valence-corrected chi connectivity index (χ4v) is 1.21. The summed E-state index contributed by atoms with van der Waals surface area (Å²) in [5.41, 5.74) is 0.0861. The Morgan fingerprint density at radius 2 is 1.79 bits per heavy atom. The fourth-order valence-electron chi connectivity index (χ4n) is 1.21. The minimum atomic E-state index is 0.0861. The zero-order valence-corrected chi connectivity index (χ0v) is 10.4. The molecule has 86 valence electrons. The van der Waals surface area contributed by atoms with Crippen LogP contribution in [0.3, 0.4) is 0 Å². The fraction of sp³-hybridized carbons (Fsp3) is 1.00. The highest BCUT2D eigenvalue weighted by molar-refractivity contribution is 4.69. The highest BCUT2D eigenvalue weighted by Gasteiger charge is 2.15. The van der Waals surface area contributed by atoms with Gasteiger partial charge < -0.3 is 10.4 Å². The molecule has 1 unspecified atom stereocenters. The third-order valence-electron chi connectivity index (χ3n) is 2.92. The Labute approximate surface area is 89.1 Å². The molecule has 0 saturated carbocycles. The predicted molar refractivity (Wildman–Crippen MR) is 62.4 cm³/mol. The van der Waals surface area contributed by atoms with Crippen LogP contribution >= 0.6 is 0 Å². The van der Waals surface area contributed by atoms with Crippen LogP contribution in [0.4, 0.5) is 0 Å². The smallest absolute Gasteiger partial charge is 0.0482 e. The van der Waals surface area contributed by atoms with Crippen LogP contribution in [-0.2, 0) is 0 Å². The minimum absolute atomic E-state index is 0.0861. The molecule has 0 heterocycles. The molecule has 0 amide bonds. The summed E-state index contributed by atoms with van der Waals surface area (Å²) in [5.74, 6) is 0.695. The Kier molecular flexibility index (Phi) is 6.38. The second kappa shape index (κ2) is 6.41. The summed E-state index contributed by atoms with van der Waals surface area (Å²) < 4.78 is 0. The molecule has 0 aliphatic rings. The lowest BCUT2D eigenvalue weighted by molar-refractivity contribution is 0.147. The Morgan fingerprint density at radius 1 is 1.21 bits per heavy atom. The predicted octanol–water partition coefficient (Wildman–Crippen LogP) is 2.42. The van der Waals surface area contributed by atoms with Gasteiger partial charge in [0.2, 0.25) is 0 Å². The summed E-state index contributed by atoms with van der Waals surface area (Å²) in [7, 11) is 0. The normalized spacial score (nSPS) is 14.8. The lowest BCUT2D eigenvalue weighted by Crippen LogP contribution is -2.32. The minimum Gasteiger partial charge on any atom is -0.396 e. The van der Waals surface area contributed by atoms with Crippen molar-refractivity contribution in [1.29, 1.82) is 0 Å². The molecule has 0 aliphatic carbocycles. The van der Waals surface area contributed by atoms with Crippen molar-refractivity contribution in [1.82, 2.24) is 5.32 Å². The van der Waals surface area contributed by atoms with E-state index in [4.69, 9.17) is 5.11 Å². The summed E-state index contributed by atoms with van der Waals surface area (Å²) >= 11 is 0. The molecule has 0 rings (SSSR count). The van der Waals surface area contributed by atoms with E-state index < -0.39 is 0 Å². The number of hydrogen-bond acceptors (Lipinski definition) is 2. The second-order valence-electron chi connectivity index (χ2n) is 5.41. The van der Waals surface area contributed by atoms with Crippen molar-refractivity contribution in [2.75, 3.05) is 13.2 Å². The van der Waals surface area contributed by atoms with Gasteiger partial charge >= 0.3 is 0 Å². The number of aliphatic hydroxyl groups is 1. The van der Waals surface area contributed by atoms with Crippen molar-refractivity contribution in [3.05, 3.63) is 0 Å². The van der Waals surface area contributed by atoms with Gasteiger partial charge in [-0.3, -0.25) is 0 Å². The molecular weight excluding hydrogens is 174 g/mol. The molecule has 0 aliphatic heterocycles. The molecular formula is C12H27NO. The van der Waals surface area contributed by atoms with Crippen molar-refractivity contribution in [2.24, 2.45) is 11.3 Å². The summed E-state index contributed by atoms with van der Waals surface area (Å²) in [6.45, 7) is 12.2. The standard InChI is InChI=1S/C12H27NO/c1-10(2)11(3)13-8-6-7-12(4,5)9-14/h10-11,13-14H,6-9H2,1-5H3. The van der Waals surface area contributed by atoms with E-state index in [1.54, 1.807) is 0 Å². The molecule has 14 heavy (non-hydrogen) atoms. The van der Waals surface area contributed by atoms with Crippen LogP contribution in [0.1, 0.15) is 47.5 Å². The van der Waals surface area contributed by atoms with E-state index in [1.807, 2.05) is 0 Å². The SMILES string of the molecule is CC(C)C(C)NCCCC(C)(C)CO. The lowest BCUT2D eigenvalue weighted by Gasteiger charge is -2.22. The van der Waals surface area contributed by atoms with Gasteiger partial charge in [0.25, 0.3) is 0 Å². The monoisotopic (exact) mass is 201 g/mol. The largest absolute Gasteiger partial charge is 0.396 e. The zero-order chi connectivity index (χ0) is 11.2. The maximum atomic E-state index is 9.07. The van der Waals surface area contributed by atoms with E-state index in [1.165, 1.54) is 0 Å². The van der Waals surface area contributed by atoms with Crippen LogP contribution in [0.25, 0.3) is 0 Å². The first-order valence-corrected chi connectivity index (χ1v) is 5.73. The van der Waals surface area contributed by atoms with Crippen molar-refractivity contribution in [3.8, 4) is 0 Å². The summed E-state index contributed by atoms with van der Waals surface area (Å²) in [4.78, 5) is 0. The molecule has 2 N–H and O–H groups in total. The Bertz CT molecular complexity index is 143. The van der Waals surface area contributed by atoms with E-state index in [0.717, 1.165) is 19.4 Å². The van der Waals surface area contributed by atoms with Crippen molar-refractivity contribution < 1.29 is 5.11 Å². The van der Waals surface area contributed by atoms with Crippen LogP contribution < -0.4 is 5.32 Å². The van der Waals surface area contributed by atoms with Crippen LogP contribution in [0.5, 0.6) is 0 Å². The molecule has 0 radical (unpaired) electrons. The van der Waals surface area contributed by atoms with E-state index in [2.05, 4.69) is 39.9 Å². The van der Waals surface area contributed by atoms with Crippen LogP contribution in [0.15, 0.2) is 0 Å². The number of aliphatic hydroxyl groups excluding tert-OH is 1. The van der Waals surface area contributed by atoms with E-state index in [0.29, 0.717) is 12.0 Å². The quantitative estimate of drug-likeness (QED) is 0.620. The van der Waals surface area contributed by atoms with Gasteiger partial charge in [0.05, 0.1) is 0 Å². The Balaban J connectivity index is 3.47. The highest BCUT2D eigenvalue weighted by atomic mass is 16.3. The molecule has 2 nitrogen and oxygen atoms in total. The van der Waals surface area contributed by atoms with Gasteiger partial charge in [0.15, 0.2) is 0 Å². The Morgan fingerprint density at radius 3 is 2.21 bits per heavy atom. The van der Waals surface area contributed by atoms with Gasteiger partial charge in [-0.2, -0.15) is 0 Å². The number of hydrogen-bond donors (Lipinski definition) is 2. The molecule has 2 heteroatoms. The lowest BCUT2D eigenvalue weighted by atomic mass is 9.89. The Hall–Kier alpha value is -0.0800. The second-order valence-corrected chi connectivity index (χ2v) is 5.41.